The molecular formula is C27H32N6O3. The van der Waals surface area contributed by atoms with Gasteiger partial charge in [-0.1, -0.05) is 12.1 Å². The number of nitrogens with zero attached hydrogens (tertiary/aromatic N) is 6. The predicted octanol–water partition coefficient (Wildman–Crippen LogP) is 3.62. The molecule has 0 spiro atoms. The van der Waals surface area contributed by atoms with Crippen LogP contribution in [0.15, 0.2) is 54.9 Å². The average molecular weight is 489 g/mol. The number of amides is 1. The molecule has 2 aliphatic rings. The van der Waals surface area contributed by atoms with E-state index in [2.05, 4.69) is 19.8 Å². The number of benzene rings is 1. The number of carbonyl (C=O) groups excluding carboxylic acids is 1. The summed E-state index contributed by atoms with van der Waals surface area (Å²) in [6.45, 7) is 5.02. The molecule has 2 aromatic heterocycles. The van der Waals surface area contributed by atoms with Crippen molar-refractivity contribution < 1.29 is 14.3 Å². The van der Waals surface area contributed by atoms with Gasteiger partial charge < -0.3 is 19.3 Å². The first kappa shape index (κ1) is 24.0. The largest absolute Gasteiger partial charge is 0.488 e. The van der Waals surface area contributed by atoms with Gasteiger partial charge in [0.2, 0.25) is 11.8 Å². The maximum atomic E-state index is 13.3. The Morgan fingerprint density at radius 1 is 0.861 bits per heavy atom. The summed E-state index contributed by atoms with van der Waals surface area (Å²) in [6, 6.07) is 12.9. The van der Waals surface area contributed by atoms with Crippen LogP contribution in [0.2, 0.25) is 0 Å². The first-order valence-electron chi connectivity index (χ1n) is 12.6. The molecule has 0 atom stereocenters. The molecule has 0 unspecified atom stereocenters. The Balaban J connectivity index is 1.37. The number of para-hydroxylation sites is 2. The van der Waals surface area contributed by atoms with Crippen LogP contribution in [-0.4, -0.2) is 77.0 Å². The Hall–Kier alpha value is -3.72. The van der Waals surface area contributed by atoms with E-state index in [1.54, 1.807) is 30.3 Å². The van der Waals surface area contributed by atoms with Gasteiger partial charge in [0, 0.05) is 58.7 Å². The van der Waals surface area contributed by atoms with E-state index in [0.29, 0.717) is 49.8 Å². The van der Waals surface area contributed by atoms with E-state index in [0.717, 1.165) is 24.7 Å². The number of pyridine rings is 1. The highest BCUT2D eigenvalue weighted by molar-refractivity contribution is 5.96. The van der Waals surface area contributed by atoms with Crippen molar-refractivity contribution in [3.63, 3.8) is 0 Å². The summed E-state index contributed by atoms with van der Waals surface area (Å²) >= 11 is 0. The van der Waals surface area contributed by atoms with Crippen molar-refractivity contribution >= 4 is 11.9 Å². The molecule has 2 aliphatic heterocycles. The van der Waals surface area contributed by atoms with Crippen LogP contribution in [0.5, 0.6) is 17.4 Å². The van der Waals surface area contributed by atoms with Crippen LogP contribution in [0, 0.1) is 0 Å². The third kappa shape index (κ3) is 5.73. The van der Waals surface area contributed by atoms with E-state index < -0.39 is 0 Å². The van der Waals surface area contributed by atoms with Gasteiger partial charge in [0.15, 0.2) is 11.5 Å². The lowest BCUT2D eigenvalue weighted by Crippen LogP contribution is -2.38. The average Bonchev–Trinajstić information content (AvgIpc) is 2.93. The lowest BCUT2D eigenvalue weighted by atomic mass is 10.1. The second-order valence-corrected chi connectivity index (χ2v) is 9.15. The summed E-state index contributed by atoms with van der Waals surface area (Å²) in [5.74, 6) is 2.08. The zero-order valence-electron chi connectivity index (χ0n) is 20.7. The normalized spacial score (nSPS) is 17.5. The van der Waals surface area contributed by atoms with Crippen molar-refractivity contribution in [2.75, 3.05) is 51.3 Å². The molecule has 1 fully saturated rings. The van der Waals surface area contributed by atoms with Gasteiger partial charge in [-0.25, -0.2) is 15.0 Å². The SMILES string of the molecule is CN1CCN(Cc2ccnc(N3CCCCC3)n2)CCOc2ccccc2Oc2ncccc2C1=O. The third-order valence-corrected chi connectivity index (χ3v) is 6.55. The Bertz CT molecular complexity index is 1180. The van der Waals surface area contributed by atoms with Crippen LogP contribution < -0.4 is 14.4 Å². The highest BCUT2D eigenvalue weighted by Crippen LogP contribution is 2.32. The number of anilines is 1. The minimum absolute atomic E-state index is 0.134. The van der Waals surface area contributed by atoms with Gasteiger partial charge in [-0.2, -0.15) is 0 Å². The van der Waals surface area contributed by atoms with Crippen LogP contribution in [0.3, 0.4) is 0 Å². The molecule has 4 heterocycles. The van der Waals surface area contributed by atoms with Crippen LogP contribution in [-0.2, 0) is 6.54 Å². The lowest BCUT2D eigenvalue weighted by Gasteiger charge is -2.28. The smallest absolute Gasteiger partial charge is 0.259 e. The molecule has 0 N–H and O–H groups in total. The van der Waals surface area contributed by atoms with Crippen LogP contribution in [0.4, 0.5) is 5.95 Å². The molecule has 188 valence electrons. The van der Waals surface area contributed by atoms with Crippen molar-refractivity contribution in [1.29, 1.82) is 0 Å². The topological polar surface area (TPSA) is 83.9 Å². The van der Waals surface area contributed by atoms with Crippen LogP contribution in [0.25, 0.3) is 0 Å². The fourth-order valence-corrected chi connectivity index (χ4v) is 4.49. The second kappa shape index (κ2) is 11.3. The van der Waals surface area contributed by atoms with Crippen LogP contribution >= 0.6 is 0 Å². The molecule has 0 radical (unpaired) electrons. The molecule has 0 bridgehead atoms. The lowest BCUT2D eigenvalue weighted by molar-refractivity contribution is 0.0770. The maximum absolute atomic E-state index is 13.3. The summed E-state index contributed by atoms with van der Waals surface area (Å²) in [5.41, 5.74) is 1.38. The van der Waals surface area contributed by atoms with E-state index >= 15 is 0 Å². The summed E-state index contributed by atoms with van der Waals surface area (Å²) in [7, 11) is 1.81. The predicted molar refractivity (Wildman–Crippen MR) is 137 cm³/mol. The van der Waals surface area contributed by atoms with E-state index in [1.165, 1.54) is 19.3 Å². The van der Waals surface area contributed by atoms with Gasteiger partial charge in [0.05, 0.1) is 5.69 Å². The van der Waals surface area contributed by atoms with Gasteiger partial charge in [-0.3, -0.25) is 9.69 Å². The van der Waals surface area contributed by atoms with Gasteiger partial charge in [-0.15, -0.1) is 0 Å². The highest BCUT2D eigenvalue weighted by atomic mass is 16.5. The highest BCUT2D eigenvalue weighted by Gasteiger charge is 2.21. The Morgan fingerprint density at radius 3 is 2.56 bits per heavy atom. The Kier molecular flexibility index (Phi) is 7.56. The summed E-state index contributed by atoms with van der Waals surface area (Å²) in [4.78, 5) is 33.2. The number of ether oxygens (including phenoxy) is 2. The maximum Gasteiger partial charge on any atom is 0.259 e. The molecule has 3 aromatic rings. The number of rotatable bonds is 3. The molecule has 0 saturated carbocycles. The standard InChI is InChI=1S/C27H32N6O3/c1-31-16-17-32(20-21-11-13-29-27(30-21)33-14-5-2-6-15-33)18-19-35-23-9-3-4-10-24(23)36-25-22(26(31)34)8-7-12-28-25/h3-4,7-13H,2,5-6,14-20H2,1H3. The van der Waals surface area contributed by atoms with Gasteiger partial charge >= 0.3 is 0 Å². The van der Waals surface area contributed by atoms with Gasteiger partial charge in [0.25, 0.3) is 5.91 Å². The van der Waals surface area contributed by atoms with Gasteiger partial charge in [0.1, 0.15) is 12.2 Å². The molecule has 36 heavy (non-hydrogen) atoms. The quantitative estimate of drug-likeness (QED) is 0.553. The first-order chi connectivity index (χ1) is 17.7. The first-order valence-corrected chi connectivity index (χ1v) is 12.6. The minimum atomic E-state index is -0.134. The van der Waals surface area contributed by atoms with E-state index in [4.69, 9.17) is 14.5 Å². The monoisotopic (exact) mass is 488 g/mol. The fraction of sp³-hybridized carbons (Fsp3) is 0.407. The number of carbonyl (C=O) groups is 1. The third-order valence-electron chi connectivity index (χ3n) is 6.55. The van der Waals surface area contributed by atoms with Crippen molar-refractivity contribution in [3.05, 3.63) is 66.1 Å². The molecule has 9 nitrogen and oxygen atoms in total. The van der Waals surface area contributed by atoms with Crippen molar-refractivity contribution in [3.8, 4) is 17.4 Å². The number of aromatic nitrogens is 3. The number of likely N-dealkylation sites (N-methyl/N-ethyl adjacent to an activating group) is 1. The second-order valence-electron chi connectivity index (χ2n) is 9.15. The molecule has 0 aliphatic carbocycles. The molecule has 5 rings (SSSR count). The van der Waals surface area contributed by atoms with Crippen molar-refractivity contribution in [1.82, 2.24) is 24.8 Å². The molecule has 9 heteroatoms. The van der Waals surface area contributed by atoms with Gasteiger partial charge in [-0.05, 0) is 49.6 Å². The number of hydrogen-bond donors (Lipinski definition) is 0. The zero-order valence-corrected chi connectivity index (χ0v) is 20.7. The summed E-state index contributed by atoms with van der Waals surface area (Å²) in [5, 5.41) is 0. The van der Waals surface area contributed by atoms with Crippen LogP contribution in [0.1, 0.15) is 35.3 Å². The minimum Gasteiger partial charge on any atom is -0.488 e. The Morgan fingerprint density at radius 2 is 1.69 bits per heavy atom. The Labute approximate surface area is 211 Å². The van der Waals surface area contributed by atoms with Crippen molar-refractivity contribution in [2.24, 2.45) is 0 Å². The number of fused-ring (bicyclic) bond motifs is 2. The molecule has 1 amide bonds. The summed E-state index contributed by atoms with van der Waals surface area (Å²) < 4.78 is 12.2. The molecular weight excluding hydrogens is 456 g/mol. The van der Waals surface area contributed by atoms with E-state index in [-0.39, 0.29) is 11.8 Å². The van der Waals surface area contributed by atoms with Crippen molar-refractivity contribution in [2.45, 2.75) is 25.8 Å². The van der Waals surface area contributed by atoms with E-state index in [9.17, 15) is 4.79 Å². The molecule has 1 aromatic carbocycles. The zero-order chi connectivity index (χ0) is 24.7. The van der Waals surface area contributed by atoms with E-state index in [1.807, 2.05) is 36.5 Å². The fourth-order valence-electron chi connectivity index (χ4n) is 4.49. The summed E-state index contributed by atoms with van der Waals surface area (Å²) in [6.07, 6.45) is 7.10. The number of hydrogen-bond acceptors (Lipinski definition) is 8. The number of piperidine rings is 1. The molecule has 1 saturated heterocycles.